The predicted molar refractivity (Wildman–Crippen MR) is 67.1 cm³/mol. The SMILES string of the molecule is COc1cc(C(=O)O)ccc1Oc1ncncc1Cl. The zero-order chi connectivity index (χ0) is 13.8. The van der Waals surface area contributed by atoms with Gasteiger partial charge in [-0.25, -0.2) is 14.8 Å². The quantitative estimate of drug-likeness (QED) is 0.927. The van der Waals surface area contributed by atoms with Crippen LogP contribution in [-0.4, -0.2) is 28.2 Å². The van der Waals surface area contributed by atoms with E-state index >= 15 is 0 Å². The van der Waals surface area contributed by atoms with E-state index in [-0.39, 0.29) is 22.2 Å². The van der Waals surface area contributed by atoms with Crippen molar-refractivity contribution in [1.82, 2.24) is 9.97 Å². The molecule has 2 rings (SSSR count). The van der Waals surface area contributed by atoms with Crippen molar-refractivity contribution in [1.29, 1.82) is 0 Å². The first-order chi connectivity index (χ1) is 9.11. The van der Waals surface area contributed by atoms with Crippen LogP contribution in [0.1, 0.15) is 10.4 Å². The van der Waals surface area contributed by atoms with Crippen LogP contribution in [0.5, 0.6) is 17.4 Å². The van der Waals surface area contributed by atoms with E-state index in [4.69, 9.17) is 26.2 Å². The van der Waals surface area contributed by atoms with Crippen molar-refractivity contribution in [2.45, 2.75) is 0 Å². The molecule has 0 amide bonds. The molecule has 0 atom stereocenters. The molecule has 0 radical (unpaired) electrons. The van der Waals surface area contributed by atoms with Crippen molar-refractivity contribution >= 4 is 17.6 Å². The molecule has 0 aliphatic rings. The smallest absolute Gasteiger partial charge is 0.335 e. The number of nitrogens with zero attached hydrogens (tertiary/aromatic N) is 2. The second-order valence-corrected chi connectivity index (χ2v) is 3.86. The number of carboxylic acids is 1. The minimum atomic E-state index is -1.05. The molecular weight excluding hydrogens is 272 g/mol. The van der Waals surface area contributed by atoms with E-state index < -0.39 is 5.97 Å². The van der Waals surface area contributed by atoms with E-state index in [1.165, 1.54) is 37.8 Å². The number of aromatic carboxylic acids is 1. The van der Waals surface area contributed by atoms with Gasteiger partial charge in [0.1, 0.15) is 11.3 Å². The molecule has 0 saturated carbocycles. The Morgan fingerprint density at radius 1 is 1.37 bits per heavy atom. The third-order valence-corrected chi connectivity index (χ3v) is 2.51. The van der Waals surface area contributed by atoms with Crippen molar-refractivity contribution in [3.05, 3.63) is 41.3 Å². The number of rotatable bonds is 4. The highest BCUT2D eigenvalue weighted by atomic mass is 35.5. The molecule has 0 saturated heterocycles. The third-order valence-electron chi connectivity index (χ3n) is 2.25. The Morgan fingerprint density at radius 3 is 2.79 bits per heavy atom. The number of benzene rings is 1. The molecular formula is C12H9ClN2O4. The van der Waals surface area contributed by atoms with Crippen LogP contribution in [0.15, 0.2) is 30.7 Å². The number of carbonyl (C=O) groups is 1. The number of hydrogen-bond donors (Lipinski definition) is 1. The predicted octanol–water partition coefficient (Wildman–Crippen LogP) is 2.63. The molecule has 6 nitrogen and oxygen atoms in total. The fraction of sp³-hybridized carbons (Fsp3) is 0.0833. The van der Waals surface area contributed by atoms with Gasteiger partial charge in [0.05, 0.1) is 18.9 Å². The molecule has 7 heteroatoms. The molecule has 0 unspecified atom stereocenters. The van der Waals surface area contributed by atoms with Crippen molar-refractivity contribution in [3.63, 3.8) is 0 Å². The van der Waals surface area contributed by atoms with E-state index in [0.29, 0.717) is 5.75 Å². The molecule has 2 aromatic rings. The average Bonchev–Trinajstić information content (AvgIpc) is 2.41. The molecule has 19 heavy (non-hydrogen) atoms. The van der Waals surface area contributed by atoms with Crippen LogP contribution in [-0.2, 0) is 0 Å². The highest BCUT2D eigenvalue weighted by molar-refractivity contribution is 6.31. The maximum absolute atomic E-state index is 10.9. The fourth-order valence-corrected chi connectivity index (χ4v) is 1.51. The van der Waals surface area contributed by atoms with Gasteiger partial charge in [-0.05, 0) is 18.2 Å². The monoisotopic (exact) mass is 280 g/mol. The summed E-state index contributed by atoms with van der Waals surface area (Å²) in [4.78, 5) is 18.5. The Balaban J connectivity index is 2.35. The van der Waals surface area contributed by atoms with E-state index in [1.807, 2.05) is 0 Å². The molecule has 1 aromatic heterocycles. The number of halogens is 1. The lowest BCUT2D eigenvalue weighted by atomic mass is 10.2. The lowest BCUT2D eigenvalue weighted by Gasteiger charge is -2.10. The molecule has 1 aromatic carbocycles. The number of aromatic nitrogens is 2. The second-order valence-electron chi connectivity index (χ2n) is 3.45. The Kier molecular flexibility index (Phi) is 3.82. The van der Waals surface area contributed by atoms with Crippen molar-refractivity contribution < 1.29 is 19.4 Å². The molecule has 0 aliphatic heterocycles. The first-order valence-corrected chi connectivity index (χ1v) is 5.54. The molecule has 98 valence electrons. The number of ether oxygens (including phenoxy) is 2. The molecule has 0 bridgehead atoms. The van der Waals surface area contributed by atoms with Crippen LogP contribution in [0.3, 0.4) is 0 Å². The summed E-state index contributed by atoms with van der Waals surface area (Å²) >= 11 is 5.87. The summed E-state index contributed by atoms with van der Waals surface area (Å²) in [7, 11) is 1.41. The van der Waals surface area contributed by atoms with Gasteiger partial charge in [0.2, 0.25) is 5.88 Å². The number of methoxy groups -OCH3 is 1. The summed E-state index contributed by atoms with van der Waals surface area (Å²) in [6, 6.07) is 4.22. The van der Waals surface area contributed by atoms with Gasteiger partial charge in [0.15, 0.2) is 11.5 Å². The fourth-order valence-electron chi connectivity index (χ4n) is 1.37. The minimum Gasteiger partial charge on any atom is -0.493 e. The zero-order valence-electron chi connectivity index (χ0n) is 9.83. The summed E-state index contributed by atoms with van der Waals surface area (Å²) in [5.74, 6) is -0.300. The van der Waals surface area contributed by atoms with Gasteiger partial charge in [-0.1, -0.05) is 11.6 Å². The van der Waals surface area contributed by atoms with Crippen molar-refractivity contribution in [2.24, 2.45) is 0 Å². The summed E-state index contributed by atoms with van der Waals surface area (Å²) in [5.41, 5.74) is 0.0954. The normalized spacial score (nSPS) is 10.0. The van der Waals surface area contributed by atoms with E-state index in [9.17, 15) is 4.79 Å². The van der Waals surface area contributed by atoms with Gasteiger partial charge in [-0.15, -0.1) is 0 Å². The van der Waals surface area contributed by atoms with Crippen LogP contribution in [0.2, 0.25) is 5.02 Å². The molecule has 0 spiro atoms. The number of carboxylic acid groups (broad SMARTS) is 1. The van der Waals surface area contributed by atoms with Crippen molar-refractivity contribution in [2.75, 3.05) is 7.11 Å². The average molecular weight is 281 g/mol. The molecule has 1 heterocycles. The van der Waals surface area contributed by atoms with Crippen LogP contribution in [0.4, 0.5) is 0 Å². The topological polar surface area (TPSA) is 81.5 Å². The van der Waals surface area contributed by atoms with Crippen LogP contribution >= 0.6 is 11.6 Å². The summed E-state index contributed by atoms with van der Waals surface area (Å²) in [6.07, 6.45) is 2.68. The molecule has 1 N–H and O–H groups in total. The lowest BCUT2D eigenvalue weighted by Crippen LogP contribution is -1.99. The van der Waals surface area contributed by atoms with Crippen LogP contribution < -0.4 is 9.47 Å². The van der Waals surface area contributed by atoms with Crippen LogP contribution in [0, 0.1) is 0 Å². The van der Waals surface area contributed by atoms with Gasteiger partial charge in [0.25, 0.3) is 0 Å². The number of hydrogen-bond acceptors (Lipinski definition) is 5. The minimum absolute atomic E-state index is 0.0954. The van der Waals surface area contributed by atoms with Gasteiger partial charge < -0.3 is 14.6 Å². The van der Waals surface area contributed by atoms with Crippen molar-refractivity contribution in [3.8, 4) is 17.4 Å². The summed E-state index contributed by atoms with van der Waals surface area (Å²) in [5, 5.41) is 9.13. The summed E-state index contributed by atoms with van der Waals surface area (Å²) in [6.45, 7) is 0. The van der Waals surface area contributed by atoms with E-state index in [1.54, 1.807) is 0 Å². The Morgan fingerprint density at radius 2 is 2.16 bits per heavy atom. The highest BCUT2D eigenvalue weighted by Crippen LogP contribution is 2.33. The molecule has 0 fully saturated rings. The van der Waals surface area contributed by atoms with E-state index in [0.717, 1.165) is 0 Å². The van der Waals surface area contributed by atoms with Gasteiger partial charge in [0, 0.05) is 0 Å². The maximum Gasteiger partial charge on any atom is 0.335 e. The Labute approximate surface area is 113 Å². The first-order valence-electron chi connectivity index (χ1n) is 5.16. The van der Waals surface area contributed by atoms with E-state index in [2.05, 4.69) is 9.97 Å². The van der Waals surface area contributed by atoms with Gasteiger partial charge >= 0.3 is 5.97 Å². The van der Waals surface area contributed by atoms with Gasteiger partial charge in [-0.3, -0.25) is 0 Å². The van der Waals surface area contributed by atoms with Crippen LogP contribution in [0.25, 0.3) is 0 Å². The Bertz CT molecular complexity index is 618. The maximum atomic E-state index is 10.9. The first kappa shape index (κ1) is 13.1. The highest BCUT2D eigenvalue weighted by Gasteiger charge is 2.12. The standard InChI is InChI=1S/C12H9ClN2O4/c1-18-10-4-7(12(16)17)2-3-9(10)19-11-8(13)5-14-6-15-11/h2-6H,1H3,(H,16,17). The summed E-state index contributed by atoms with van der Waals surface area (Å²) < 4.78 is 10.5. The second kappa shape index (κ2) is 5.53. The lowest BCUT2D eigenvalue weighted by molar-refractivity contribution is 0.0696. The zero-order valence-corrected chi connectivity index (χ0v) is 10.6. The largest absolute Gasteiger partial charge is 0.493 e. The molecule has 0 aliphatic carbocycles. The third kappa shape index (κ3) is 2.92. The van der Waals surface area contributed by atoms with Gasteiger partial charge in [-0.2, -0.15) is 0 Å². The Hall–Kier alpha value is -2.34.